The number of rotatable bonds is 4. The molecule has 2 heterocycles. The van der Waals surface area contributed by atoms with Crippen molar-refractivity contribution in [3.8, 4) is 0 Å². The molecule has 1 N–H and O–H groups in total. The fraction of sp³-hybridized carbons (Fsp3) is 0.650. The second-order valence-corrected chi connectivity index (χ2v) is 9.72. The highest BCUT2D eigenvalue weighted by atomic mass is 32.2. The fourth-order valence-corrected chi connectivity index (χ4v) is 5.54. The zero-order valence-corrected chi connectivity index (χ0v) is 17.3. The van der Waals surface area contributed by atoms with Gasteiger partial charge < -0.3 is 10.2 Å². The number of nitrogens with one attached hydrogen (secondary N) is 1. The van der Waals surface area contributed by atoms with Gasteiger partial charge in [-0.25, -0.2) is 8.42 Å². The third-order valence-corrected chi connectivity index (χ3v) is 7.58. The van der Waals surface area contributed by atoms with Crippen LogP contribution in [0.2, 0.25) is 0 Å². The van der Waals surface area contributed by atoms with E-state index in [0.717, 1.165) is 38.4 Å². The highest BCUT2D eigenvalue weighted by Crippen LogP contribution is 2.23. The molecular weight excluding hydrogens is 360 g/mol. The Hall–Kier alpha value is -1.60. The number of guanidine groups is 1. The van der Waals surface area contributed by atoms with E-state index in [1.54, 1.807) is 28.6 Å². The quantitative estimate of drug-likeness (QED) is 0.631. The summed E-state index contributed by atoms with van der Waals surface area (Å²) in [7, 11) is -1.52. The van der Waals surface area contributed by atoms with Gasteiger partial charge in [0, 0.05) is 39.8 Å². The van der Waals surface area contributed by atoms with Crippen LogP contribution in [0.5, 0.6) is 0 Å². The van der Waals surface area contributed by atoms with Gasteiger partial charge in [-0.15, -0.1) is 0 Å². The average molecular weight is 393 g/mol. The number of likely N-dealkylation sites (tertiary alicyclic amines) is 1. The molecule has 0 amide bonds. The standard InChI is InChI=1S/C20H32N4O2S/c1-17-7-6-12-23(16-17)20(21-2)22-15-18-10-13-24(14-11-18)27(25,26)19-8-4-3-5-9-19/h3-5,8-9,17-18H,6-7,10-16H2,1-2H3,(H,21,22). The first-order valence-electron chi connectivity index (χ1n) is 10.0. The minimum Gasteiger partial charge on any atom is -0.356 e. The fourth-order valence-electron chi connectivity index (χ4n) is 4.04. The summed E-state index contributed by atoms with van der Waals surface area (Å²) >= 11 is 0. The molecule has 0 aromatic heterocycles. The van der Waals surface area contributed by atoms with Gasteiger partial charge in [0.15, 0.2) is 5.96 Å². The van der Waals surface area contributed by atoms with Crippen LogP contribution in [0, 0.1) is 11.8 Å². The lowest BCUT2D eigenvalue weighted by molar-refractivity contribution is 0.254. The number of benzene rings is 1. The number of sulfonamides is 1. The summed E-state index contributed by atoms with van der Waals surface area (Å²) in [5.74, 6) is 2.18. The monoisotopic (exact) mass is 392 g/mol. The first kappa shape index (κ1) is 20.1. The summed E-state index contributed by atoms with van der Waals surface area (Å²) in [5, 5.41) is 3.52. The van der Waals surface area contributed by atoms with E-state index in [1.807, 2.05) is 13.1 Å². The van der Waals surface area contributed by atoms with E-state index in [-0.39, 0.29) is 0 Å². The topological polar surface area (TPSA) is 65.0 Å². The van der Waals surface area contributed by atoms with Gasteiger partial charge in [0.25, 0.3) is 0 Å². The third kappa shape index (κ3) is 5.02. The van der Waals surface area contributed by atoms with Gasteiger partial charge in [-0.2, -0.15) is 4.31 Å². The van der Waals surface area contributed by atoms with Crippen molar-refractivity contribution in [3.63, 3.8) is 0 Å². The molecule has 7 heteroatoms. The molecule has 1 unspecified atom stereocenters. The number of aliphatic imine (C=N–C) groups is 1. The van der Waals surface area contributed by atoms with E-state index >= 15 is 0 Å². The predicted molar refractivity (Wildman–Crippen MR) is 109 cm³/mol. The third-order valence-electron chi connectivity index (χ3n) is 5.67. The van der Waals surface area contributed by atoms with Crippen molar-refractivity contribution < 1.29 is 8.42 Å². The highest BCUT2D eigenvalue weighted by molar-refractivity contribution is 7.89. The van der Waals surface area contributed by atoms with Gasteiger partial charge in [-0.3, -0.25) is 4.99 Å². The van der Waals surface area contributed by atoms with Crippen molar-refractivity contribution in [1.29, 1.82) is 0 Å². The first-order valence-corrected chi connectivity index (χ1v) is 11.5. The van der Waals surface area contributed by atoms with Crippen molar-refractivity contribution in [2.75, 3.05) is 39.8 Å². The molecule has 0 saturated carbocycles. The van der Waals surface area contributed by atoms with Gasteiger partial charge in [-0.1, -0.05) is 25.1 Å². The lowest BCUT2D eigenvalue weighted by atomic mass is 9.98. The first-order chi connectivity index (χ1) is 13.0. The number of piperidine rings is 2. The molecule has 150 valence electrons. The molecule has 0 aliphatic carbocycles. The van der Waals surface area contributed by atoms with Gasteiger partial charge in [0.1, 0.15) is 0 Å². The van der Waals surface area contributed by atoms with Crippen LogP contribution >= 0.6 is 0 Å². The van der Waals surface area contributed by atoms with Crippen molar-refractivity contribution >= 4 is 16.0 Å². The summed E-state index contributed by atoms with van der Waals surface area (Å²) < 4.78 is 27.1. The van der Waals surface area contributed by atoms with Gasteiger partial charge in [0.05, 0.1) is 4.90 Å². The van der Waals surface area contributed by atoms with E-state index in [9.17, 15) is 8.42 Å². The normalized spacial score (nSPS) is 23.4. The maximum Gasteiger partial charge on any atom is 0.243 e. The van der Waals surface area contributed by atoms with Crippen LogP contribution in [-0.4, -0.2) is 63.4 Å². The van der Waals surface area contributed by atoms with E-state index < -0.39 is 10.0 Å². The zero-order valence-electron chi connectivity index (χ0n) is 16.5. The maximum absolute atomic E-state index is 12.7. The van der Waals surface area contributed by atoms with E-state index in [1.165, 1.54) is 12.8 Å². The zero-order chi connectivity index (χ0) is 19.3. The molecule has 0 bridgehead atoms. The van der Waals surface area contributed by atoms with Crippen LogP contribution in [-0.2, 0) is 10.0 Å². The van der Waals surface area contributed by atoms with Gasteiger partial charge in [0.2, 0.25) is 10.0 Å². The maximum atomic E-state index is 12.7. The lowest BCUT2D eigenvalue weighted by Crippen LogP contribution is -2.48. The highest BCUT2D eigenvalue weighted by Gasteiger charge is 2.29. The number of nitrogens with zero attached hydrogens (tertiary/aromatic N) is 3. The van der Waals surface area contributed by atoms with E-state index in [4.69, 9.17) is 0 Å². The average Bonchev–Trinajstić information content (AvgIpc) is 2.69. The van der Waals surface area contributed by atoms with E-state index in [0.29, 0.717) is 29.8 Å². The van der Waals surface area contributed by atoms with E-state index in [2.05, 4.69) is 22.1 Å². The van der Waals surface area contributed by atoms with Gasteiger partial charge in [-0.05, 0) is 49.7 Å². The number of hydrogen-bond acceptors (Lipinski definition) is 3. The summed E-state index contributed by atoms with van der Waals surface area (Å²) in [4.78, 5) is 7.19. The van der Waals surface area contributed by atoms with Crippen LogP contribution in [0.15, 0.2) is 40.2 Å². The molecular formula is C20H32N4O2S. The Morgan fingerprint density at radius 3 is 2.48 bits per heavy atom. The molecule has 27 heavy (non-hydrogen) atoms. The van der Waals surface area contributed by atoms with Crippen LogP contribution in [0.4, 0.5) is 0 Å². The summed E-state index contributed by atoms with van der Waals surface area (Å²) in [6.07, 6.45) is 4.28. The lowest BCUT2D eigenvalue weighted by Gasteiger charge is -2.35. The molecule has 1 aromatic rings. The predicted octanol–water partition coefficient (Wildman–Crippen LogP) is 2.39. The minimum atomic E-state index is -3.36. The molecule has 3 rings (SSSR count). The van der Waals surface area contributed by atoms with Crippen molar-refractivity contribution in [1.82, 2.24) is 14.5 Å². The van der Waals surface area contributed by atoms with Crippen molar-refractivity contribution in [2.45, 2.75) is 37.5 Å². The molecule has 0 spiro atoms. The Morgan fingerprint density at radius 2 is 1.85 bits per heavy atom. The largest absolute Gasteiger partial charge is 0.356 e. The summed E-state index contributed by atoms with van der Waals surface area (Å²) in [6, 6.07) is 8.74. The summed E-state index contributed by atoms with van der Waals surface area (Å²) in [5.41, 5.74) is 0. The Morgan fingerprint density at radius 1 is 1.15 bits per heavy atom. The number of hydrogen-bond donors (Lipinski definition) is 1. The molecule has 1 aromatic carbocycles. The Labute approximate surface area is 163 Å². The molecule has 2 saturated heterocycles. The van der Waals surface area contributed by atoms with Crippen molar-refractivity contribution in [3.05, 3.63) is 30.3 Å². The second-order valence-electron chi connectivity index (χ2n) is 7.78. The smallest absolute Gasteiger partial charge is 0.243 e. The van der Waals surface area contributed by atoms with Crippen LogP contribution < -0.4 is 5.32 Å². The van der Waals surface area contributed by atoms with Crippen molar-refractivity contribution in [2.24, 2.45) is 16.8 Å². The molecule has 2 fully saturated rings. The van der Waals surface area contributed by atoms with Crippen LogP contribution in [0.3, 0.4) is 0 Å². The molecule has 6 nitrogen and oxygen atoms in total. The Kier molecular flexibility index (Phi) is 6.76. The minimum absolute atomic E-state index is 0.390. The van der Waals surface area contributed by atoms with Crippen LogP contribution in [0.1, 0.15) is 32.6 Å². The van der Waals surface area contributed by atoms with Gasteiger partial charge >= 0.3 is 0 Å². The molecule has 2 aliphatic rings. The molecule has 1 atom stereocenters. The second kappa shape index (κ2) is 9.06. The summed E-state index contributed by atoms with van der Waals surface area (Å²) in [6.45, 7) is 6.45. The Balaban J connectivity index is 1.49. The van der Waals surface area contributed by atoms with Crippen LogP contribution in [0.25, 0.3) is 0 Å². The molecule has 2 aliphatic heterocycles. The SMILES string of the molecule is CN=C(NCC1CCN(S(=O)(=O)c2ccccc2)CC1)N1CCCC(C)C1. The Bertz CT molecular complexity index is 728. The molecule has 0 radical (unpaired) electrons.